The van der Waals surface area contributed by atoms with E-state index in [9.17, 15) is 0 Å². The Hall–Kier alpha value is -2.60. The van der Waals surface area contributed by atoms with Gasteiger partial charge in [0.2, 0.25) is 5.88 Å². The van der Waals surface area contributed by atoms with E-state index in [4.69, 9.17) is 9.47 Å². The molecular weight excluding hydrogens is 352 g/mol. The van der Waals surface area contributed by atoms with Crippen LogP contribution in [0, 0.1) is 5.92 Å². The van der Waals surface area contributed by atoms with Crippen LogP contribution in [0.3, 0.4) is 0 Å². The Morgan fingerprint density at radius 3 is 2.79 bits per heavy atom. The molecule has 0 spiro atoms. The van der Waals surface area contributed by atoms with Crippen LogP contribution in [0.15, 0.2) is 53.7 Å². The molecule has 6 nitrogen and oxygen atoms in total. The second kappa shape index (κ2) is 11.3. The highest BCUT2D eigenvalue weighted by Gasteiger charge is 2.22. The number of rotatable bonds is 11. The molecule has 1 aliphatic carbocycles. The third-order valence-corrected chi connectivity index (χ3v) is 4.38. The molecule has 0 saturated heterocycles. The van der Waals surface area contributed by atoms with Gasteiger partial charge in [0.1, 0.15) is 0 Å². The molecule has 1 aliphatic rings. The Morgan fingerprint density at radius 1 is 1.14 bits per heavy atom. The summed E-state index contributed by atoms with van der Waals surface area (Å²) in [5, 5.41) is 6.57. The molecule has 0 atom stereocenters. The number of aliphatic imine (C=N–C) groups is 1. The largest absolute Gasteiger partial charge is 0.477 e. The number of nitrogens with zero attached hydrogens (tertiary/aromatic N) is 2. The Balaban J connectivity index is 1.40. The van der Waals surface area contributed by atoms with Crippen molar-refractivity contribution in [1.82, 2.24) is 15.6 Å². The van der Waals surface area contributed by atoms with Crippen LogP contribution in [0.2, 0.25) is 0 Å². The summed E-state index contributed by atoms with van der Waals surface area (Å²) in [7, 11) is 0. The third-order valence-electron chi connectivity index (χ3n) is 4.38. The Bertz CT molecular complexity index is 732. The molecule has 6 heteroatoms. The highest BCUT2D eigenvalue weighted by Crippen LogP contribution is 2.29. The normalized spacial score (nSPS) is 14.0. The summed E-state index contributed by atoms with van der Waals surface area (Å²) >= 11 is 0. The van der Waals surface area contributed by atoms with Gasteiger partial charge in [0.25, 0.3) is 0 Å². The van der Waals surface area contributed by atoms with Gasteiger partial charge in [0.15, 0.2) is 5.96 Å². The molecule has 3 rings (SSSR count). The van der Waals surface area contributed by atoms with Gasteiger partial charge in [-0.3, -0.25) is 0 Å². The number of hydrogen-bond donors (Lipinski definition) is 2. The van der Waals surface area contributed by atoms with Crippen molar-refractivity contribution in [1.29, 1.82) is 0 Å². The lowest BCUT2D eigenvalue weighted by atomic mass is 10.2. The van der Waals surface area contributed by atoms with Crippen molar-refractivity contribution < 1.29 is 9.47 Å². The molecule has 0 bridgehead atoms. The number of hydrogen-bond acceptors (Lipinski definition) is 4. The second-order valence-electron chi connectivity index (χ2n) is 6.92. The van der Waals surface area contributed by atoms with Gasteiger partial charge < -0.3 is 20.1 Å². The van der Waals surface area contributed by atoms with Gasteiger partial charge in [0.05, 0.1) is 26.4 Å². The summed E-state index contributed by atoms with van der Waals surface area (Å²) in [6.07, 6.45) is 4.33. The molecule has 0 aliphatic heterocycles. The Kier molecular flexibility index (Phi) is 8.12. The van der Waals surface area contributed by atoms with Crippen molar-refractivity contribution in [3.8, 4) is 5.88 Å². The van der Waals surface area contributed by atoms with Gasteiger partial charge in [-0.25, -0.2) is 9.98 Å². The van der Waals surface area contributed by atoms with Gasteiger partial charge in [-0.2, -0.15) is 0 Å². The lowest BCUT2D eigenvalue weighted by molar-refractivity contribution is 0.125. The highest BCUT2D eigenvalue weighted by molar-refractivity contribution is 5.79. The number of pyridine rings is 1. The Labute approximate surface area is 167 Å². The van der Waals surface area contributed by atoms with Crippen molar-refractivity contribution in [2.45, 2.75) is 32.9 Å². The van der Waals surface area contributed by atoms with E-state index >= 15 is 0 Å². The SMILES string of the molecule is CCNC(=NCc1ccnc(OCC2CC2)c1)NCCOCc1ccccc1. The van der Waals surface area contributed by atoms with E-state index in [1.54, 1.807) is 6.20 Å². The summed E-state index contributed by atoms with van der Waals surface area (Å²) in [5.41, 5.74) is 2.26. The molecule has 2 aromatic rings. The molecule has 1 aromatic heterocycles. The van der Waals surface area contributed by atoms with E-state index in [-0.39, 0.29) is 0 Å². The minimum atomic E-state index is 0.572. The molecule has 150 valence electrons. The maximum absolute atomic E-state index is 5.75. The fraction of sp³-hybridized carbons (Fsp3) is 0.455. The van der Waals surface area contributed by atoms with E-state index in [0.29, 0.717) is 32.2 Å². The maximum Gasteiger partial charge on any atom is 0.213 e. The fourth-order valence-corrected chi connectivity index (χ4v) is 2.63. The molecule has 0 amide bonds. The van der Waals surface area contributed by atoms with Crippen LogP contribution >= 0.6 is 0 Å². The zero-order valence-corrected chi connectivity index (χ0v) is 16.6. The smallest absolute Gasteiger partial charge is 0.213 e. The van der Waals surface area contributed by atoms with E-state index in [2.05, 4.69) is 39.7 Å². The summed E-state index contributed by atoms with van der Waals surface area (Å²) in [5.74, 6) is 2.19. The van der Waals surface area contributed by atoms with E-state index < -0.39 is 0 Å². The molecule has 1 fully saturated rings. The van der Waals surface area contributed by atoms with E-state index in [1.165, 1.54) is 18.4 Å². The van der Waals surface area contributed by atoms with Crippen molar-refractivity contribution in [3.63, 3.8) is 0 Å². The average Bonchev–Trinajstić information content (AvgIpc) is 3.56. The zero-order valence-electron chi connectivity index (χ0n) is 16.6. The molecule has 1 heterocycles. The van der Waals surface area contributed by atoms with Gasteiger partial charge in [0, 0.05) is 25.4 Å². The van der Waals surface area contributed by atoms with Crippen LogP contribution in [0.25, 0.3) is 0 Å². The first-order chi connectivity index (χ1) is 13.8. The van der Waals surface area contributed by atoms with Crippen LogP contribution in [-0.4, -0.2) is 37.2 Å². The molecular formula is C22H30N4O2. The first-order valence-electron chi connectivity index (χ1n) is 10.0. The minimum absolute atomic E-state index is 0.572. The number of aromatic nitrogens is 1. The van der Waals surface area contributed by atoms with Gasteiger partial charge in [-0.05, 0) is 42.9 Å². The van der Waals surface area contributed by atoms with Gasteiger partial charge in [-0.1, -0.05) is 30.3 Å². The predicted octanol–water partition coefficient (Wildman–Crippen LogP) is 3.14. The quantitative estimate of drug-likeness (QED) is 0.355. The lowest BCUT2D eigenvalue weighted by Crippen LogP contribution is -2.38. The molecule has 1 saturated carbocycles. The van der Waals surface area contributed by atoms with Crippen molar-refractivity contribution >= 4 is 5.96 Å². The number of nitrogens with one attached hydrogen (secondary N) is 2. The molecule has 1 aromatic carbocycles. The van der Waals surface area contributed by atoms with Crippen molar-refractivity contribution in [2.24, 2.45) is 10.9 Å². The third kappa shape index (κ3) is 7.56. The standard InChI is InChI=1S/C22H30N4O2/c1-2-23-22(25-12-13-27-16-18-6-4-3-5-7-18)26-15-20-10-11-24-21(14-20)28-17-19-8-9-19/h3-7,10-11,14,19H,2,8-9,12-13,15-17H2,1H3,(H2,23,25,26). The summed E-state index contributed by atoms with van der Waals surface area (Å²) in [6, 6.07) is 14.1. The molecule has 2 N–H and O–H groups in total. The number of guanidine groups is 1. The minimum Gasteiger partial charge on any atom is -0.477 e. The first-order valence-corrected chi connectivity index (χ1v) is 10.0. The molecule has 0 radical (unpaired) electrons. The van der Waals surface area contributed by atoms with Crippen molar-refractivity contribution in [3.05, 3.63) is 59.8 Å². The van der Waals surface area contributed by atoms with Crippen LogP contribution in [0.5, 0.6) is 5.88 Å². The summed E-state index contributed by atoms with van der Waals surface area (Å²) in [6.45, 7) is 6.15. The van der Waals surface area contributed by atoms with Gasteiger partial charge in [-0.15, -0.1) is 0 Å². The molecule has 0 unspecified atom stereocenters. The number of benzene rings is 1. The van der Waals surface area contributed by atoms with E-state index in [1.807, 2.05) is 30.3 Å². The monoisotopic (exact) mass is 382 g/mol. The molecule has 28 heavy (non-hydrogen) atoms. The lowest BCUT2D eigenvalue weighted by Gasteiger charge is -2.12. The predicted molar refractivity (Wildman–Crippen MR) is 111 cm³/mol. The van der Waals surface area contributed by atoms with Crippen LogP contribution in [0.1, 0.15) is 30.9 Å². The zero-order chi connectivity index (χ0) is 19.4. The highest BCUT2D eigenvalue weighted by atomic mass is 16.5. The van der Waals surface area contributed by atoms with E-state index in [0.717, 1.165) is 30.6 Å². The van der Waals surface area contributed by atoms with Crippen LogP contribution in [0.4, 0.5) is 0 Å². The Morgan fingerprint density at radius 2 is 2.00 bits per heavy atom. The van der Waals surface area contributed by atoms with Crippen molar-refractivity contribution in [2.75, 3.05) is 26.3 Å². The van der Waals surface area contributed by atoms with Crippen LogP contribution < -0.4 is 15.4 Å². The fourth-order valence-electron chi connectivity index (χ4n) is 2.63. The maximum atomic E-state index is 5.75. The first kappa shape index (κ1) is 20.1. The summed E-state index contributed by atoms with van der Waals surface area (Å²) < 4.78 is 11.5. The summed E-state index contributed by atoms with van der Waals surface area (Å²) in [4.78, 5) is 8.92. The average molecular weight is 383 g/mol. The number of ether oxygens (including phenoxy) is 2. The van der Waals surface area contributed by atoms with Crippen LogP contribution in [-0.2, 0) is 17.9 Å². The van der Waals surface area contributed by atoms with Gasteiger partial charge >= 0.3 is 0 Å². The second-order valence-corrected chi connectivity index (χ2v) is 6.92. The topological polar surface area (TPSA) is 67.8 Å².